The first-order valence-electron chi connectivity index (χ1n) is 6.17. The summed E-state index contributed by atoms with van der Waals surface area (Å²) in [4.78, 5) is 23.0. The van der Waals surface area contributed by atoms with Crippen molar-refractivity contribution in [1.82, 2.24) is 0 Å². The highest BCUT2D eigenvalue weighted by molar-refractivity contribution is 7.86. The average Bonchev–Trinajstić information content (AvgIpc) is 2.45. The monoisotopic (exact) mass is 320 g/mol. The van der Waals surface area contributed by atoms with Crippen LogP contribution in [0.1, 0.15) is 33.2 Å². The van der Waals surface area contributed by atoms with Crippen LogP contribution in [0.5, 0.6) is 5.75 Å². The van der Waals surface area contributed by atoms with Crippen molar-refractivity contribution in [2.24, 2.45) is 0 Å². The number of hydrogen-bond acceptors (Lipinski definition) is 5. The average molecular weight is 320 g/mol. The van der Waals surface area contributed by atoms with Gasteiger partial charge in [-0.15, -0.1) is 0 Å². The van der Waals surface area contributed by atoms with Gasteiger partial charge in [0.05, 0.1) is 5.56 Å². The van der Waals surface area contributed by atoms with Crippen molar-refractivity contribution in [3.05, 3.63) is 59.2 Å². The normalized spacial score (nSPS) is 11.2. The molecular formula is C15H12O6S. The lowest BCUT2D eigenvalue weighted by atomic mass is 10.00. The van der Waals surface area contributed by atoms with Crippen LogP contribution in [-0.4, -0.2) is 29.6 Å². The van der Waals surface area contributed by atoms with E-state index in [9.17, 15) is 27.7 Å². The van der Waals surface area contributed by atoms with Gasteiger partial charge in [0.2, 0.25) is 0 Å². The first kappa shape index (κ1) is 15.9. The quantitative estimate of drug-likeness (QED) is 0.659. The maximum Gasteiger partial charge on any atom is 0.295 e. The van der Waals surface area contributed by atoms with Crippen LogP contribution in [0.25, 0.3) is 0 Å². The molecule has 114 valence electrons. The summed E-state index contributed by atoms with van der Waals surface area (Å²) in [6.07, 6.45) is 0. The molecule has 2 aromatic rings. The van der Waals surface area contributed by atoms with Crippen molar-refractivity contribution in [1.29, 1.82) is 0 Å². The van der Waals surface area contributed by atoms with Gasteiger partial charge in [-0.3, -0.25) is 14.1 Å². The minimum absolute atomic E-state index is 0.231. The molecule has 0 bridgehead atoms. The van der Waals surface area contributed by atoms with Crippen molar-refractivity contribution in [2.75, 3.05) is 0 Å². The Bertz CT molecular complexity index is 853. The molecule has 2 aromatic carbocycles. The SMILES string of the molecule is CC(=O)c1cc(O)c(C(=O)c2ccccc2)cc1S(=O)(=O)O. The zero-order valence-electron chi connectivity index (χ0n) is 11.5. The Kier molecular flexibility index (Phi) is 4.11. The lowest BCUT2D eigenvalue weighted by Gasteiger charge is -2.09. The number of carbonyl (C=O) groups is 2. The van der Waals surface area contributed by atoms with E-state index in [1.165, 1.54) is 12.1 Å². The molecule has 7 heteroatoms. The minimum atomic E-state index is -4.72. The van der Waals surface area contributed by atoms with Crippen LogP contribution in [0.15, 0.2) is 47.4 Å². The zero-order valence-corrected chi connectivity index (χ0v) is 12.3. The predicted molar refractivity (Wildman–Crippen MR) is 77.8 cm³/mol. The number of ketones is 2. The van der Waals surface area contributed by atoms with E-state index in [2.05, 4.69) is 0 Å². The van der Waals surface area contributed by atoms with Gasteiger partial charge in [-0.2, -0.15) is 8.42 Å². The molecular weight excluding hydrogens is 308 g/mol. The summed E-state index contributed by atoms with van der Waals surface area (Å²) >= 11 is 0. The summed E-state index contributed by atoms with van der Waals surface area (Å²) in [5.41, 5.74) is -0.469. The van der Waals surface area contributed by atoms with Crippen molar-refractivity contribution >= 4 is 21.7 Å². The van der Waals surface area contributed by atoms with Crippen molar-refractivity contribution in [3.63, 3.8) is 0 Å². The van der Waals surface area contributed by atoms with E-state index in [1.807, 2.05) is 0 Å². The van der Waals surface area contributed by atoms with Crippen LogP contribution >= 0.6 is 0 Å². The fourth-order valence-electron chi connectivity index (χ4n) is 1.98. The van der Waals surface area contributed by atoms with Gasteiger partial charge in [0.25, 0.3) is 10.1 Å². The molecule has 0 saturated heterocycles. The summed E-state index contributed by atoms with van der Waals surface area (Å²) in [5, 5.41) is 9.91. The Morgan fingerprint density at radius 1 is 1.00 bits per heavy atom. The Hall–Kier alpha value is -2.51. The molecule has 0 saturated carbocycles. The highest BCUT2D eigenvalue weighted by atomic mass is 32.2. The van der Waals surface area contributed by atoms with Crippen molar-refractivity contribution < 1.29 is 27.7 Å². The van der Waals surface area contributed by atoms with Gasteiger partial charge in [-0.25, -0.2) is 0 Å². The third kappa shape index (κ3) is 3.05. The number of aromatic hydroxyl groups is 1. The lowest BCUT2D eigenvalue weighted by Crippen LogP contribution is -2.10. The molecule has 2 N–H and O–H groups in total. The molecule has 0 aliphatic carbocycles. The Morgan fingerprint density at radius 3 is 2.09 bits per heavy atom. The molecule has 2 rings (SSSR count). The summed E-state index contributed by atoms with van der Waals surface area (Å²) in [6.45, 7) is 1.09. The second-order valence-electron chi connectivity index (χ2n) is 4.59. The lowest BCUT2D eigenvalue weighted by molar-refractivity contribution is 0.100. The molecule has 0 amide bonds. The van der Waals surface area contributed by atoms with Crippen molar-refractivity contribution in [2.45, 2.75) is 11.8 Å². The number of rotatable bonds is 4. The van der Waals surface area contributed by atoms with E-state index in [0.717, 1.165) is 19.1 Å². The fourth-order valence-corrected chi connectivity index (χ4v) is 2.73. The third-order valence-electron chi connectivity index (χ3n) is 3.04. The largest absolute Gasteiger partial charge is 0.507 e. The molecule has 0 aromatic heterocycles. The maximum absolute atomic E-state index is 12.3. The highest BCUT2D eigenvalue weighted by Crippen LogP contribution is 2.28. The Labute approximate surface area is 126 Å². The Balaban J connectivity index is 2.69. The molecule has 0 unspecified atom stereocenters. The molecule has 0 heterocycles. The molecule has 0 aliphatic rings. The summed E-state index contributed by atoms with van der Waals surface area (Å²) in [7, 11) is -4.72. The van der Waals surface area contributed by atoms with E-state index in [4.69, 9.17) is 0 Å². The topological polar surface area (TPSA) is 109 Å². The van der Waals surface area contributed by atoms with Crippen molar-refractivity contribution in [3.8, 4) is 5.75 Å². The van der Waals surface area contributed by atoms with Gasteiger partial charge in [0.15, 0.2) is 11.6 Å². The third-order valence-corrected chi connectivity index (χ3v) is 3.93. The summed E-state index contributed by atoms with van der Waals surface area (Å²) in [5.74, 6) is -1.83. The van der Waals surface area contributed by atoms with Crippen LogP contribution in [0.4, 0.5) is 0 Å². The maximum atomic E-state index is 12.3. The van der Waals surface area contributed by atoms with Crippen LogP contribution in [0.2, 0.25) is 0 Å². The molecule has 22 heavy (non-hydrogen) atoms. The molecule has 0 fully saturated rings. The standard InChI is InChI=1S/C15H12O6S/c1-9(16)11-7-13(17)12(8-14(11)22(19,20)21)15(18)10-5-3-2-4-6-10/h2-8,17H,1H3,(H,19,20,21). The summed E-state index contributed by atoms with van der Waals surface area (Å²) < 4.78 is 32.0. The number of phenols is 1. The second kappa shape index (κ2) is 5.70. The van der Waals surface area contributed by atoms with Gasteiger partial charge in [0.1, 0.15) is 10.6 Å². The number of phenolic OH excluding ortho intramolecular Hbond substituents is 1. The molecule has 6 nitrogen and oxygen atoms in total. The van der Waals surface area contributed by atoms with E-state index in [0.29, 0.717) is 0 Å². The molecule has 0 atom stereocenters. The van der Waals surface area contributed by atoms with E-state index in [-0.39, 0.29) is 16.7 Å². The van der Waals surface area contributed by atoms with Gasteiger partial charge in [-0.05, 0) is 19.1 Å². The number of Topliss-reactive ketones (excluding diaryl/α,β-unsaturated/α-hetero) is 1. The fraction of sp³-hybridized carbons (Fsp3) is 0.0667. The predicted octanol–water partition coefficient (Wildman–Crippen LogP) is 2.07. The van der Waals surface area contributed by atoms with E-state index < -0.39 is 32.3 Å². The van der Waals surface area contributed by atoms with Crippen LogP contribution < -0.4 is 0 Å². The van der Waals surface area contributed by atoms with Crippen LogP contribution in [0.3, 0.4) is 0 Å². The van der Waals surface area contributed by atoms with Gasteiger partial charge in [-0.1, -0.05) is 30.3 Å². The molecule has 0 spiro atoms. The van der Waals surface area contributed by atoms with Gasteiger partial charge < -0.3 is 5.11 Å². The van der Waals surface area contributed by atoms with E-state index >= 15 is 0 Å². The summed E-state index contributed by atoms with van der Waals surface area (Å²) in [6, 6.07) is 9.56. The molecule has 0 aliphatic heterocycles. The zero-order chi connectivity index (χ0) is 16.5. The number of hydrogen-bond donors (Lipinski definition) is 2. The van der Waals surface area contributed by atoms with Gasteiger partial charge >= 0.3 is 0 Å². The second-order valence-corrected chi connectivity index (χ2v) is 5.98. The highest BCUT2D eigenvalue weighted by Gasteiger charge is 2.24. The van der Waals surface area contributed by atoms with Crippen LogP contribution in [0, 0.1) is 0 Å². The smallest absolute Gasteiger partial charge is 0.295 e. The molecule has 0 radical (unpaired) electrons. The number of carbonyl (C=O) groups excluding carboxylic acids is 2. The first-order valence-corrected chi connectivity index (χ1v) is 7.61. The first-order chi connectivity index (χ1) is 10.2. The Morgan fingerprint density at radius 2 is 1.59 bits per heavy atom. The van der Waals surface area contributed by atoms with E-state index in [1.54, 1.807) is 18.2 Å². The minimum Gasteiger partial charge on any atom is -0.507 e. The number of benzene rings is 2. The van der Waals surface area contributed by atoms with Crippen LogP contribution in [-0.2, 0) is 10.1 Å². The van der Waals surface area contributed by atoms with Gasteiger partial charge in [0, 0.05) is 11.1 Å².